The van der Waals surface area contributed by atoms with Crippen LogP contribution < -0.4 is 19.1 Å². The van der Waals surface area contributed by atoms with Crippen molar-refractivity contribution in [1.82, 2.24) is 9.62 Å². The summed E-state index contributed by atoms with van der Waals surface area (Å²) in [7, 11) is -7.64. The van der Waals surface area contributed by atoms with E-state index < -0.39 is 32.5 Å². The highest BCUT2D eigenvalue weighted by molar-refractivity contribution is 7.92. The molecule has 1 aliphatic rings. The number of sulfonamides is 2. The zero-order valence-corrected chi connectivity index (χ0v) is 24.3. The highest BCUT2D eigenvalue weighted by Gasteiger charge is 2.28. The molecule has 0 aromatic heterocycles. The van der Waals surface area contributed by atoms with Gasteiger partial charge < -0.3 is 19.5 Å². The fraction of sp³-hybridized carbons (Fsp3) is 0.321. The lowest BCUT2D eigenvalue weighted by Crippen LogP contribution is -2.41. The number of morpholine rings is 1. The summed E-state index contributed by atoms with van der Waals surface area (Å²) < 4.78 is 71.1. The molecule has 1 aliphatic heterocycles. The molecule has 13 heteroatoms. The van der Waals surface area contributed by atoms with Crippen LogP contribution in [0.4, 0.5) is 5.69 Å². The van der Waals surface area contributed by atoms with Crippen molar-refractivity contribution in [3.05, 3.63) is 78.9 Å². The van der Waals surface area contributed by atoms with Crippen LogP contribution in [0.2, 0.25) is 0 Å². The smallest absolute Gasteiger partial charge is 0.264 e. The second-order valence-corrected chi connectivity index (χ2v) is 12.7. The van der Waals surface area contributed by atoms with Gasteiger partial charge in [0.2, 0.25) is 15.9 Å². The van der Waals surface area contributed by atoms with Gasteiger partial charge in [-0.1, -0.05) is 18.2 Å². The Morgan fingerprint density at radius 2 is 1.46 bits per heavy atom. The zero-order valence-electron chi connectivity index (χ0n) is 22.6. The van der Waals surface area contributed by atoms with E-state index in [9.17, 15) is 21.6 Å². The van der Waals surface area contributed by atoms with Crippen LogP contribution in [0, 0.1) is 0 Å². The van der Waals surface area contributed by atoms with Crippen LogP contribution >= 0.6 is 0 Å². The van der Waals surface area contributed by atoms with Gasteiger partial charge in [-0.25, -0.2) is 16.8 Å². The Kier molecular flexibility index (Phi) is 10.2. The third kappa shape index (κ3) is 7.76. The van der Waals surface area contributed by atoms with E-state index in [1.807, 2.05) is 6.92 Å². The maximum absolute atomic E-state index is 13.4. The van der Waals surface area contributed by atoms with E-state index in [0.29, 0.717) is 50.1 Å². The van der Waals surface area contributed by atoms with E-state index in [2.05, 4.69) is 5.32 Å². The highest BCUT2D eigenvalue weighted by atomic mass is 32.2. The lowest BCUT2D eigenvalue weighted by atomic mass is 10.3. The lowest BCUT2D eigenvalue weighted by Gasteiger charge is -2.26. The molecule has 1 fully saturated rings. The van der Waals surface area contributed by atoms with Gasteiger partial charge in [0.15, 0.2) is 0 Å². The molecule has 220 valence electrons. The monoisotopic (exact) mass is 603 g/mol. The lowest BCUT2D eigenvalue weighted by molar-refractivity contribution is -0.119. The van der Waals surface area contributed by atoms with Crippen LogP contribution in [0.1, 0.15) is 6.92 Å². The average molecular weight is 604 g/mol. The molecule has 1 heterocycles. The zero-order chi connectivity index (χ0) is 29.3. The Hall–Kier alpha value is -3.65. The van der Waals surface area contributed by atoms with Crippen molar-refractivity contribution in [2.24, 2.45) is 0 Å². The largest absolute Gasteiger partial charge is 0.494 e. The van der Waals surface area contributed by atoms with Gasteiger partial charge in [-0.05, 0) is 67.6 Å². The van der Waals surface area contributed by atoms with Gasteiger partial charge in [0.05, 0.1) is 41.8 Å². The minimum Gasteiger partial charge on any atom is -0.494 e. The number of nitrogens with one attached hydrogen (secondary N) is 1. The van der Waals surface area contributed by atoms with Gasteiger partial charge in [-0.2, -0.15) is 4.31 Å². The van der Waals surface area contributed by atoms with E-state index in [4.69, 9.17) is 14.2 Å². The molecule has 0 aliphatic carbocycles. The predicted molar refractivity (Wildman–Crippen MR) is 153 cm³/mol. The molecular formula is C28H33N3O8S2. The molecule has 0 saturated carbocycles. The minimum atomic E-state index is -4.03. The summed E-state index contributed by atoms with van der Waals surface area (Å²) in [6.07, 6.45) is 0. The summed E-state index contributed by atoms with van der Waals surface area (Å²) in [4.78, 5) is 13.0. The summed E-state index contributed by atoms with van der Waals surface area (Å²) >= 11 is 0. The Balaban J connectivity index is 1.35. The quantitative estimate of drug-likeness (QED) is 0.295. The van der Waals surface area contributed by atoms with Gasteiger partial charge in [0.1, 0.15) is 24.7 Å². The number of anilines is 1. The number of carbonyl (C=O) groups excluding carboxylic acids is 1. The molecule has 0 atom stereocenters. The van der Waals surface area contributed by atoms with Crippen LogP contribution in [0.15, 0.2) is 88.7 Å². The Morgan fingerprint density at radius 3 is 2.10 bits per heavy atom. The summed E-state index contributed by atoms with van der Waals surface area (Å²) in [5.74, 6) is 0.499. The summed E-state index contributed by atoms with van der Waals surface area (Å²) in [5.41, 5.74) is 0.316. The Morgan fingerprint density at radius 1 is 0.854 bits per heavy atom. The number of hydrogen-bond donors (Lipinski definition) is 1. The van der Waals surface area contributed by atoms with Crippen LogP contribution in [0.25, 0.3) is 0 Å². The first kappa shape index (κ1) is 30.3. The Bertz CT molecular complexity index is 1490. The predicted octanol–water partition coefficient (Wildman–Crippen LogP) is 2.50. The first-order valence-corrected chi connectivity index (χ1v) is 16.0. The van der Waals surface area contributed by atoms with Crippen LogP contribution in [0.3, 0.4) is 0 Å². The summed E-state index contributed by atoms with van der Waals surface area (Å²) in [6, 6.07) is 20.4. The van der Waals surface area contributed by atoms with Gasteiger partial charge in [-0.3, -0.25) is 9.10 Å². The van der Waals surface area contributed by atoms with E-state index in [0.717, 1.165) is 4.31 Å². The molecule has 0 spiro atoms. The van der Waals surface area contributed by atoms with E-state index >= 15 is 0 Å². The fourth-order valence-corrected chi connectivity index (χ4v) is 6.95. The standard InChI is InChI=1S/C28H33N3O8S2/c1-2-38-24-10-8-23(9-11-24)31(41(35,36)26-6-4-3-5-7-26)22-28(32)29-16-19-39-25-12-14-27(15-13-25)40(33,34)30-17-20-37-21-18-30/h3-15H,2,16-22H2,1H3,(H,29,32). The molecule has 1 N–H and O–H groups in total. The second-order valence-electron chi connectivity index (χ2n) is 8.94. The molecule has 3 aromatic carbocycles. The third-order valence-corrected chi connectivity index (χ3v) is 9.88. The molecule has 41 heavy (non-hydrogen) atoms. The number of nitrogens with zero attached hydrogens (tertiary/aromatic N) is 2. The fourth-order valence-electron chi connectivity index (χ4n) is 4.10. The first-order valence-electron chi connectivity index (χ1n) is 13.1. The normalized spacial score (nSPS) is 14.3. The molecule has 0 bridgehead atoms. The van der Waals surface area contributed by atoms with Crippen molar-refractivity contribution in [2.75, 3.05) is 56.9 Å². The molecule has 0 unspecified atom stereocenters. The molecule has 11 nitrogen and oxygen atoms in total. The molecule has 1 amide bonds. The Labute approximate surface area is 240 Å². The second kappa shape index (κ2) is 13.8. The van der Waals surface area contributed by atoms with E-state index in [1.54, 1.807) is 54.6 Å². The summed E-state index contributed by atoms with van der Waals surface area (Å²) in [5, 5.41) is 2.68. The minimum absolute atomic E-state index is 0.0594. The maximum atomic E-state index is 13.4. The SMILES string of the molecule is CCOc1ccc(N(CC(=O)NCCOc2ccc(S(=O)(=O)N3CCOCC3)cc2)S(=O)(=O)c2ccccc2)cc1. The van der Waals surface area contributed by atoms with Crippen molar-refractivity contribution in [3.8, 4) is 11.5 Å². The maximum Gasteiger partial charge on any atom is 0.264 e. The van der Waals surface area contributed by atoms with Gasteiger partial charge in [0.25, 0.3) is 10.0 Å². The number of carbonyl (C=O) groups is 1. The molecular weight excluding hydrogens is 570 g/mol. The van der Waals surface area contributed by atoms with Crippen molar-refractivity contribution >= 4 is 31.6 Å². The average Bonchev–Trinajstić information content (AvgIpc) is 3.00. The van der Waals surface area contributed by atoms with E-state index in [1.165, 1.54) is 28.6 Å². The van der Waals surface area contributed by atoms with Crippen LogP contribution in [-0.2, 0) is 29.6 Å². The van der Waals surface area contributed by atoms with Gasteiger partial charge in [-0.15, -0.1) is 0 Å². The van der Waals surface area contributed by atoms with Crippen LogP contribution in [0.5, 0.6) is 11.5 Å². The topological polar surface area (TPSA) is 132 Å². The number of benzene rings is 3. The van der Waals surface area contributed by atoms with Crippen molar-refractivity contribution < 1.29 is 35.8 Å². The van der Waals surface area contributed by atoms with Gasteiger partial charge >= 0.3 is 0 Å². The highest BCUT2D eigenvalue weighted by Crippen LogP contribution is 2.26. The molecule has 1 saturated heterocycles. The van der Waals surface area contributed by atoms with Crippen molar-refractivity contribution in [3.63, 3.8) is 0 Å². The number of hydrogen-bond acceptors (Lipinski definition) is 8. The van der Waals surface area contributed by atoms with Crippen LogP contribution in [-0.4, -0.2) is 79.7 Å². The third-order valence-electron chi connectivity index (χ3n) is 6.18. The van der Waals surface area contributed by atoms with Crippen molar-refractivity contribution in [2.45, 2.75) is 16.7 Å². The van der Waals surface area contributed by atoms with Crippen molar-refractivity contribution in [1.29, 1.82) is 0 Å². The number of rotatable bonds is 13. The van der Waals surface area contributed by atoms with E-state index in [-0.39, 0.29) is 22.9 Å². The molecule has 4 rings (SSSR count). The molecule has 0 radical (unpaired) electrons. The number of amides is 1. The number of ether oxygens (including phenoxy) is 3. The molecule has 3 aromatic rings. The first-order chi connectivity index (χ1) is 19.7. The summed E-state index contributed by atoms with van der Waals surface area (Å²) in [6.45, 7) is 3.41. The van der Waals surface area contributed by atoms with Gasteiger partial charge in [0, 0.05) is 13.1 Å².